The van der Waals surface area contributed by atoms with Crippen molar-refractivity contribution in [3.8, 4) is 16.9 Å². The maximum absolute atomic E-state index is 12.1. The van der Waals surface area contributed by atoms with Crippen LogP contribution in [0.2, 0.25) is 10.3 Å². The molecule has 2 aromatic heterocycles. The summed E-state index contributed by atoms with van der Waals surface area (Å²) < 4.78 is 41.5. The van der Waals surface area contributed by atoms with Gasteiger partial charge in [0, 0.05) is 0 Å². The summed E-state index contributed by atoms with van der Waals surface area (Å²) in [6.07, 6.45) is -3.49. The van der Waals surface area contributed by atoms with Gasteiger partial charge in [-0.05, 0) is 17.7 Å². The average Bonchev–Trinajstić information content (AvgIpc) is 2.87. The van der Waals surface area contributed by atoms with Crippen LogP contribution in [0.1, 0.15) is 0 Å². The van der Waals surface area contributed by atoms with Gasteiger partial charge in [0.1, 0.15) is 22.4 Å². The van der Waals surface area contributed by atoms with E-state index in [-0.39, 0.29) is 21.8 Å². The van der Waals surface area contributed by atoms with Gasteiger partial charge in [-0.3, -0.25) is 0 Å². The van der Waals surface area contributed by atoms with Crippen molar-refractivity contribution in [1.29, 1.82) is 0 Å². The minimum Gasteiger partial charge on any atom is -0.406 e. The molecule has 0 aliphatic heterocycles. The molecule has 0 unspecified atom stereocenters. The van der Waals surface area contributed by atoms with Crippen LogP contribution >= 0.6 is 23.2 Å². The number of hydrogen-bond acceptors (Lipinski definition) is 4. The van der Waals surface area contributed by atoms with Gasteiger partial charge in [0.2, 0.25) is 0 Å². The van der Waals surface area contributed by atoms with Gasteiger partial charge < -0.3 is 4.74 Å². The van der Waals surface area contributed by atoms with Gasteiger partial charge in [0.05, 0.1) is 5.56 Å². The largest absolute Gasteiger partial charge is 0.573 e. The van der Waals surface area contributed by atoms with Crippen LogP contribution in [-0.4, -0.2) is 25.9 Å². The Balaban J connectivity index is 2.04. The molecule has 0 N–H and O–H groups in total. The standard InChI is InChI=1S/C12H5Cl2F3N4O/c13-9-8(10(14)21-11(20-9)18-5-19-21)6-1-3-7(4-2-6)22-12(15,16)17/h1-5H. The number of aromatic nitrogens is 4. The molecule has 5 nitrogen and oxygen atoms in total. The third-order valence-electron chi connectivity index (χ3n) is 2.70. The molecule has 0 atom stereocenters. The van der Waals surface area contributed by atoms with Crippen molar-refractivity contribution in [2.45, 2.75) is 6.36 Å². The zero-order chi connectivity index (χ0) is 15.9. The van der Waals surface area contributed by atoms with Gasteiger partial charge in [-0.2, -0.15) is 19.6 Å². The first-order valence-electron chi connectivity index (χ1n) is 5.76. The summed E-state index contributed by atoms with van der Waals surface area (Å²) in [5.41, 5.74) is 0.800. The summed E-state index contributed by atoms with van der Waals surface area (Å²) in [5.74, 6) is -0.130. The molecule has 0 radical (unpaired) electrons. The van der Waals surface area contributed by atoms with E-state index in [1.165, 1.54) is 23.0 Å². The van der Waals surface area contributed by atoms with E-state index in [4.69, 9.17) is 23.2 Å². The first-order chi connectivity index (χ1) is 10.3. The third kappa shape index (κ3) is 2.79. The van der Waals surface area contributed by atoms with Crippen molar-refractivity contribution in [2.24, 2.45) is 0 Å². The molecule has 0 aliphatic carbocycles. The van der Waals surface area contributed by atoms with Crippen LogP contribution in [0.5, 0.6) is 5.75 Å². The van der Waals surface area contributed by atoms with E-state index in [1.807, 2.05) is 0 Å². The number of hydrogen-bond donors (Lipinski definition) is 0. The van der Waals surface area contributed by atoms with Gasteiger partial charge in [-0.15, -0.1) is 13.2 Å². The van der Waals surface area contributed by atoms with Crippen LogP contribution < -0.4 is 4.74 Å². The van der Waals surface area contributed by atoms with E-state index in [0.29, 0.717) is 11.1 Å². The zero-order valence-corrected chi connectivity index (χ0v) is 12.0. The van der Waals surface area contributed by atoms with Crippen LogP contribution in [0.3, 0.4) is 0 Å². The highest BCUT2D eigenvalue weighted by Crippen LogP contribution is 2.34. The molecule has 0 spiro atoms. The Hall–Kier alpha value is -2.06. The molecular weight excluding hydrogens is 344 g/mol. The van der Waals surface area contributed by atoms with Crippen LogP contribution in [-0.2, 0) is 0 Å². The van der Waals surface area contributed by atoms with Crippen molar-refractivity contribution >= 4 is 29.0 Å². The Bertz CT molecular complexity index is 833. The number of fused-ring (bicyclic) bond motifs is 1. The third-order valence-corrected chi connectivity index (χ3v) is 3.33. The summed E-state index contributed by atoms with van der Waals surface area (Å²) in [6.45, 7) is 0. The van der Waals surface area contributed by atoms with Gasteiger partial charge in [-0.25, -0.2) is 0 Å². The SMILES string of the molecule is FC(F)(F)Oc1ccc(-c2c(Cl)nc3ncnn3c2Cl)cc1. The van der Waals surface area contributed by atoms with Crippen LogP contribution in [0.4, 0.5) is 13.2 Å². The molecule has 0 aliphatic rings. The second kappa shape index (κ2) is 5.29. The molecule has 2 heterocycles. The van der Waals surface area contributed by atoms with Crippen LogP contribution in [0.15, 0.2) is 30.6 Å². The minimum absolute atomic E-state index is 0.0648. The minimum atomic E-state index is -4.75. The number of ether oxygens (including phenoxy) is 1. The summed E-state index contributed by atoms with van der Waals surface area (Å²) in [7, 11) is 0. The van der Waals surface area contributed by atoms with Gasteiger partial charge >= 0.3 is 6.36 Å². The van der Waals surface area contributed by atoms with Gasteiger partial charge in [0.25, 0.3) is 5.78 Å². The number of rotatable bonds is 2. The zero-order valence-electron chi connectivity index (χ0n) is 10.5. The van der Waals surface area contributed by atoms with E-state index < -0.39 is 6.36 Å². The fourth-order valence-corrected chi connectivity index (χ4v) is 2.49. The first kappa shape index (κ1) is 14.9. The molecule has 0 saturated heterocycles. The Labute approximate surface area is 131 Å². The summed E-state index contributed by atoms with van der Waals surface area (Å²) in [4.78, 5) is 7.87. The molecule has 1 aromatic carbocycles. The Morgan fingerprint density at radius 2 is 1.77 bits per heavy atom. The van der Waals surface area contributed by atoms with E-state index in [2.05, 4.69) is 19.8 Å². The smallest absolute Gasteiger partial charge is 0.406 e. The lowest BCUT2D eigenvalue weighted by Crippen LogP contribution is -2.16. The lowest BCUT2D eigenvalue weighted by atomic mass is 10.1. The van der Waals surface area contributed by atoms with Crippen molar-refractivity contribution in [3.63, 3.8) is 0 Å². The molecular formula is C12H5Cl2F3N4O. The topological polar surface area (TPSA) is 52.3 Å². The average molecular weight is 349 g/mol. The van der Waals surface area contributed by atoms with Crippen molar-refractivity contribution in [3.05, 3.63) is 40.9 Å². The maximum atomic E-state index is 12.1. The van der Waals surface area contributed by atoms with E-state index in [9.17, 15) is 13.2 Å². The molecule has 0 saturated carbocycles. The second-order valence-corrected chi connectivity index (χ2v) is 4.83. The summed E-state index contributed by atoms with van der Waals surface area (Å²) in [5, 5.41) is 4.11. The fraction of sp³-hybridized carbons (Fsp3) is 0.0833. The molecule has 3 aromatic rings. The van der Waals surface area contributed by atoms with Crippen LogP contribution in [0, 0.1) is 0 Å². The predicted octanol–water partition coefficient (Wildman–Crippen LogP) is 4.00. The molecule has 0 amide bonds. The monoisotopic (exact) mass is 348 g/mol. The Morgan fingerprint density at radius 3 is 2.41 bits per heavy atom. The predicted molar refractivity (Wildman–Crippen MR) is 72.9 cm³/mol. The van der Waals surface area contributed by atoms with Crippen molar-refractivity contribution < 1.29 is 17.9 Å². The van der Waals surface area contributed by atoms with E-state index in [1.54, 1.807) is 0 Å². The lowest BCUT2D eigenvalue weighted by molar-refractivity contribution is -0.274. The number of halogens is 5. The Morgan fingerprint density at radius 1 is 1.09 bits per heavy atom. The molecule has 114 valence electrons. The normalized spacial score (nSPS) is 11.9. The molecule has 3 rings (SSSR count). The highest BCUT2D eigenvalue weighted by molar-refractivity contribution is 6.38. The van der Waals surface area contributed by atoms with Crippen LogP contribution in [0.25, 0.3) is 16.9 Å². The van der Waals surface area contributed by atoms with Crippen molar-refractivity contribution in [1.82, 2.24) is 19.6 Å². The molecule has 10 heteroatoms. The summed E-state index contributed by atoms with van der Waals surface area (Å²) >= 11 is 12.3. The summed E-state index contributed by atoms with van der Waals surface area (Å²) in [6, 6.07) is 5.08. The number of alkyl halides is 3. The van der Waals surface area contributed by atoms with E-state index >= 15 is 0 Å². The molecule has 22 heavy (non-hydrogen) atoms. The van der Waals surface area contributed by atoms with Gasteiger partial charge in [0.15, 0.2) is 0 Å². The number of benzene rings is 1. The van der Waals surface area contributed by atoms with Crippen molar-refractivity contribution in [2.75, 3.05) is 0 Å². The highest BCUT2D eigenvalue weighted by Gasteiger charge is 2.31. The quantitative estimate of drug-likeness (QED) is 0.657. The highest BCUT2D eigenvalue weighted by atomic mass is 35.5. The van der Waals surface area contributed by atoms with E-state index in [0.717, 1.165) is 12.1 Å². The fourth-order valence-electron chi connectivity index (χ4n) is 1.85. The second-order valence-electron chi connectivity index (χ2n) is 4.11. The first-order valence-corrected chi connectivity index (χ1v) is 6.51. The Kier molecular flexibility index (Phi) is 3.57. The number of nitrogens with zero attached hydrogens (tertiary/aromatic N) is 4. The molecule has 0 bridgehead atoms. The van der Waals surface area contributed by atoms with Gasteiger partial charge in [-0.1, -0.05) is 35.3 Å². The molecule has 0 fully saturated rings. The lowest BCUT2D eigenvalue weighted by Gasteiger charge is -2.11. The maximum Gasteiger partial charge on any atom is 0.573 e.